The lowest BCUT2D eigenvalue weighted by Crippen LogP contribution is -2.13. The Balaban J connectivity index is 1.33. The van der Waals surface area contributed by atoms with E-state index in [4.69, 9.17) is 0 Å². The number of hydrogen-bond acceptors (Lipinski definition) is 5. The Labute approximate surface area is 200 Å². The summed E-state index contributed by atoms with van der Waals surface area (Å²) >= 11 is 2.91. The molecule has 0 aliphatic rings. The van der Waals surface area contributed by atoms with E-state index in [1.807, 2.05) is 72.8 Å². The standard InChI is InChI=1S/C26H23N3O2S2/c1-2-18-8-11-20(12-9-18)27-25(31)17-32-26-29-22-14-13-21(16-23(22)33-26)28-24(30)15-10-19-6-4-3-5-7-19/h3-16H,2,17H2,1H3,(H,27,31)(H,28,30)/b15-10+. The first-order chi connectivity index (χ1) is 16.1. The predicted molar refractivity (Wildman–Crippen MR) is 139 cm³/mol. The zero-order valence-electron chi connectivity index (χ0n) is 18.1. The average molecular weight is 474 g/mol. The van der Waals surface area contributed by atoms with Gasteiger partial charge in [0.15, 0.2) is 4.34 Å². The van der Waals surface area contributed by atoms with Crippen molar-refractivity contribution in [1.82, 2.24) is 4.98 Å². The Hall–Kier alpha value is -3.42. The van der Waals surface area contributed by atoms with Crippen LogP contribution in [0.25, 0.3) is 16.3 Å². The number of benzene rings is 3. The highest BCUT2D eigenvalue weighted by Crippen LogP contribution is 2.31. The van der Waals surface area contributed by atoms with Gasteiger partial charge in [0.05, 0.1) is 16.0 Å². The van der Waals surface area contributed by atoms with Crippen molar-refractivity contribution in [2.24, 2.45) is 0 Å². The van der Waals surface area contributed by atoms with Crippen LogP contribution in [0.4, 0.5) is 11.4 Å². The number of nitrogens with one attached hydrogen (secondary N) is 2. The number of anilines is 2. The number of hydrogen-bond donors (Lipinski definition) is 2. The minimum absolute atomic E-state index is 0.0679. The molecule has 1 aromatic heterocycles. The van der Waals surface area contributed by atoms with Crippen LogP contribution >= 0.6 is 23.1 Å². The zero-order valence-corrected chi connectivity index (χ0v) is 19.7. The number of nitrogens with zero attached hydrogens (tertiary/aromatic N) is 1. The van der Waals surface area contributed by atoms with E-state index in [0.717, 1.165) is 32.2 Å². The molecule has 2 amide bonds. The molecule has 0 bridgehead atoms. The molecule has 5 nitrogen and oxygen atoms in total. The van der Waals surface area contributed by atoms with Gasteiger partial charge in [0.1, 0.15) is 0 Å². The molecule has 2 N–H and O–H groups in total. The number of carbonyl (C=O) groups is 2. The first kappa shape index (κ1) is 22.8. The third-order valence-corrected chi connectivity index (χ3v) is 7.00. The number of thioether (sulfide) groups is 1. The third kappa shape index (κ3) is 6.54. The Bertz CT molecular complexity index is 1280. The highest BCUT2D eigenvalue weighted by atomic mass is 32.2. The molecule has 4 aromatic rings. The van der Waals surface area contributed by atoms with Crippen molar-refractivity contribution in [2.45, 2.75) is 17.7 Å². The Morgan fingerprint density at radius 3 is 2.48 bits per heavy atom. The van der Waals surface area contributed by atoms with Crippen molar-refractivity contribution < 1.29 is 9.59 Å². The summed E-state index contributed by atoms with van der Waals surface area (Å²) in [6, 6.07) is 23.2. The molecule has 166 valence electrons. The highest BCUT2D eigenvalue weighted by Gasteiger charge is 2.09. The molecule has 4 rings (SSSR count). The summed E-state index contributed by atoms with van der Waals surface area (Å²) in [5.41, 5.74) is 4.55. The topological polar surface area (TPSA) is 71.1 Å². The molecule has 0 radical (unpaired) electrons. The molecule has 0 unspecified atom stereocenters. The minimum Gasteiger partial charge on any atom is -0.325 e. The molecular formula is C26H23N3O2S2. The first-order valence-electron chi connectivity index (χ1n) is 10.6. The molecule has 0 saturated carbocycles. The summed E-state index contributed by atoms with van der Waals surface area (Å²) in [7, 11) is 0. The number of rotatable bonds is 8. The fraction of sp³-hybridized carbons (Fsp3) is 0.115. The van der Waals surface area contributed by atoms with Crippen LogP contribution in [0.5, 0.6) is 0 Å². The van der Waals surface area contributed by atoms with Crippen molar-refractivity contribution in [3.05, 3.63) is 90.0 Å². The van der Waals surface area contributed by atoms with Gasteiger partial charge in [0.25, 0.3) is 0 Å². The number of aromatic nitrogens is 1. The number of thiazole rings is 1. The lowest BCUT2D eigenvalue weighted by molar-refractivity contribution is -0.114. The molecular weight excluding hydrogens is 450 g/mol. The third-order valence-electron chi connectivity index (χ3n) is 4.84. The molecule has 0 saturated heterocycles. The maximum Gasteiger partial charge on any atom is 0.248 e. The van der Waals surface area contributed by atoms with E-state index < -0.39 is 0 Å². The lowest BCUT2D eigenvalue weighted by atomic mass is 10.1. The van der Waals surface area contributed by atoms with Crippen molar-refractivity contribution in [3.8, 4) is 0 Å². The van der Waals surface area contributed by atoms with Crippen LogP contribution < -0.4 is 10.6 Å². The summed E-state index contributed by atoms with van der Waals surface area (Å²) in [4.78, 5) is 29.1. The fourth-order valence-corrected chi connectivity index (χ4v) is 5.02. The van der Waals surface area contributed by atoms with E-state index in [9.17, 15) is 9.59 Å². The normalized spacial score (nSPS) is 11.1. The SMILES string of the molecule is CCc1ccc(NC(=O)CSc2nc3ccc(NC(=O)/C=C/c4ccccc4)cc3s2)cc1. The zero-order chi connectivity index (χ0) is 23.0. The average Bonchev–Trinajstić information content (AvgIpc) is 3.25. The summed E-state index contributed by atoms with van der Waals surface area (Å²) in [6.07, 6.45) is 4.26. The molecule has 33 heavy (non-hydrogen) atoms. The van der Waals surface area contributed by atoms with Crippen LogP contribution in [0.1, 0.15) is 18.1 Å². The van der Waals surface area contributed by atoms with Crippen LogP contribution in [0.15, 0.2) is 83.2 Å². The summed E-state index contributed by atoms with van der Waals surface area (Å²) in [5.74, 6) is 0.0195. The van der Waals surface area contributed by atoms with Gasteiger partial charge in [-0.05, 0) is 54.0 Å². The van der Waals surface area contributed by atoms with Gasteiger partial charge in [-0.25, -0.2) is 4.98 Å². The van der Waals surface area contributed by atoms with Crippen LogP contribution in [0.2, 0.25) is 0 Å². The van der Waals surface area contributed by atoms with Crippen molar-refractivity contribution in [3.63, 3.8) is 0 Å². The van der Waals surface area contributed by atoms with Gasteiger partial charge in [-0.2, -0.15) is 0 Å². The van der Waals surface area contributed by atoms with Gasteiger partial charge in [0.2, 0.25) is 11.8 Å². The van der Waals surface area contributed by atoms with Crippen LogP contribution in [-0.2, 0) is 16.0 Å². The summed E-state index contributed by atoms with van der Waals surface area (Å²) < 4.78 is 1.77. The van der Waals surface area contributed by atoms with Gasteiger partial charge in [-0.1, -0.05) is 61.2 Å². The highest BCUT2D eigenvalue weighted by molar-refractivity contribution is 8.01. The molecule has 0 spiro atoms. The Morgan fingerprint density at radius 1 is 0.970 bits per heavy atom. The number of amides is 2. The Kier molecular flexibility index (Phi) is 7.55. The second kappa shape index (κ2) is 10.9. The van der Waals surface area contributed by atoms with Gasteiger partial charge in [-0.3, -0.25) is 9.59 Å². The quantitative estimate of drug-likeness (QED) is 0.235. The molecule has 0 aliphatic carbocycles. The van der Waals surface area contributed by atoms with E-state index in [-0.39, 0.29) is 17.6 Å². The molecule has 3 aromatic carbocycles. The van der Waals surface area contributed by atoms with E-state index in [1.54, 1.807) is 6.08 Å². The predicted octanol–water partition coefficient (Wildman–Crippen LogP) is 6.24. The van der Waals surface area contributed by atoms with E-state index in [2.05, 4.69) is 22.5 Å². The van der Waals surface area contributed by atoms with Gasteiger partial charge >= 0.3 is 0 Å². The van der Waals surface area contributed by atoms with Crippen molar-refractivity contribution in [1.29, 1.82) is 0 Å². The molecule has 0 aliphatic heterocycles. The van der Waals surface area contributed by atoms with Crippen LogP contribution in [0, 0.1) is 0 Å². The smallest absolute Gasteiger partial charge is 0.248 e. The molecule has 0 fully saturated rings. The van der Waals surface area contributed by atoms with Crippen molar-refractivity contribution >= 4 is 62.6 Å². The van der Waals surface area contributed by atoms with Gasteiger partial charge in [-0.15, -0.1) is 11.3 Å². The van der Waals surface area contributed by atoms with Gasteiger partial charge in [0, 0.05) is 17.5 Å². The van der Waals surface area contributed by atoms with E-state index in [1.165, 1.54) is 34.7 Å². The number of aryl methyl sites for hydroxylation is 1. The van der Waals surface area contributed by atoms with Crippen LogP contribution in [0.3, 0.4) is 0 Å². The molecule has 7 heteroatoms. The molecule has 1 heterocycles. The fourth-order valence-electron chi connectivity index (χ4n) is 3.11. The van der Waals surface area contributed by atoms with Gasteiger partial charge < -0.3 is 10.6 Å². The monoisotopic (exact) mass is 473 g/mol. The molecule has 0 atom stereocenters. The summed E-state index contributed by atoms with van der Waals surface area (Å²) in [5, 5.41) is 5.80. The lowest BCUT2D eigenvalue weighted by Gasteiger charge is -2.05. The second-order valence-corrected chi connectivity index (χ2v) is 9.54. The maximum atomic E-state index is 12.3. The number of fused-ring (bicyclic) bond motifs is 1. The largest absolute Gasteiger partial charge is 0.325 e. The number of carbonyl (C=O) groups excluding carboxylic acids is 2. The first-order valence-corrected chi connectivity index (χ1v) is 12.4. The Morgan fingerprint density at radius 2 is 1.73 bits per heavy atom. The van der Waals surface area contributed by atoms with Crippen LogP contribution in [-0.4, -0.2) is 22.6 Å². The van der Waals surface area contributed by atoms with E-state index in [0.29, 0.717) is 5.69 Å². The maximum absolute atomic E-state index is 12.3. The minimum atomic E-state index is -0.194. The van der Waals surface area contributed by atoms with E-state index >= 15 is 0 Å². The second-order valence-electron chi connectivity index (χ2n) is 7.28. The van der Waals surface area contributed by atoms with Crippen molar-refractivity contribution in [2.75, 3.05) is 16.4 Å². The summed E-state index contributed by atoms with van der Waals surface area (Å²) in [6.45, 7) is 2.10.